The molecule has 1 aromatic carbocycles. The van der Waals surface area contributed by atoms with Gasteiger partial charge in [0.25, 0.3) is 0 Å². The number of alkyl halides is 3. The van der Waals surface area contributed by atoms with Crippen LogP contribution in [0.3, 0.4) is 0 Å². The van der Waals surface area contributed by atoms with Crippen LogP contribution < -0.4 is 5.32 Å². The maximum absolute atomic E-state index is 13.1. The number of anilines is 1. The molecule has 1 amide bonds. The Morgan fingerprint density at radius 3 is 2.33 bits per heavy atom. The number of aromatic nitrogens is 1. The van der Waals surface area contributed by atoms with Crippen LogP contribution in [0.4, 0.5) is 18.9 Å². The van der Waals surface area contributed by atoms with E-state index < -0.39 is 17.6 Å². The summed E-state index contributed by atoms with van der Waals surface area (Å²) < 4.78 is 39.2. The third kappa shape index (κ3) is 6.02. The molecule has 0 saturated carbocycles. The molecule has 0 radical (unpaired) electrons. The second kappa shape index (κ2) is 9.03. The van der Waals surface area contributed by atoms with Gasteiger partial charge in [-0.1, -0.05) is 32.9 Å². The van der Waals surface area contributed by atoms with Crippen molar-refractivity contribution in [1.82, 2.24) is 14.8 Å². The number of nitrogens with one attached hydrogen (secondary N) is 1. The van der Waals surface area contributed by atoms with Gasteiger partial charge in [-0.25, -0.2) is 4.98 Å². The lowest BCUT2D eigenvalue weighted by atomic mass is 9.93. The summed E-state index contributed by atoms with van der Waals surface area (Å²) in [5, 5.41) is 5.59. The van der Waals surface area contributed by atoms with Crippen molar-refractivity contribution in [2.75, 3.05) is 38.0 Å². The summed E-state index contributed by atoms with van der Waals surface area (Å²) in [6.07, 6.45) is -4.50. The molecular weight excluding hydrogens is 413 g/mol. The van der Waals surface area contributed by atoms with E-state index in [1.54, 1.807) is 11.3 Å². The molecule has 1 saturated heterocycles. The van der Waals surface area contributed by atoms with Crippen LogP contribution in [0, 0.1) is 0 Å². The van der Waals surface area contributed by atoms with Gasteiger partial charge in [-0.2, -0.15) is 13.2 Å². The smallest absolute Gasteiger partial charge is 0.324 e. The van der Waals surface area contributed by atoms with Gasteiger partial charge in [0.1, 0.15) is 5.01 Å². The normalized spacial score (nSPS) is 16.6. The van der Waals surface area contributed by atoms with Crippen molar-refractivity contribution in [2.24, 2.45) is 0 Å². The summed E-state index contributed by atoms with van der Waals surface area (Å²) in [6.45, 7) is 10.2. The number of piperazine rings is 1. The van der Waals surface area contributed by atoms with Crippen LogP contribution in [0.2, 0.25) is 0 Å². The Hall–Kier alpha value is -1.97. The molecule has 5 nitrogen and oxygen atoms in total. The van der Waals surface area contributed by atoms with Crippen LogP contribution >= 0.6 is 11.3 Å². The van der Waals surface area contributed by atoms with Gasteiger partial charge in [0.15, 0.2) is 0 Å². The second-order valence-electron chi connectivity index (χ2n) is 8.52. The molecule has 1 aliphatic rings. The number of thiazole rings is 1. The minimum atomic E-state index is -4.50. The number of para-hydroxylation sites is 1. The molecule has 1 fully saturated rings. The highest BCUT2D eigenvalue weighted by Crippen LogP contribution is 2.34. The summed E-state index contributed by atoms with van der Waals surface area (Å²) in [5.41, 5.74) is 0.0937. The predicted molar refractivity (Wildman–Crippen MR) is 113 cm³/mol. The zero-order valence-corrected chi connectivity index (χ0v) is 18.2. The van der Waals surface area contributed by atoms with E-state index in [4.69, 9.17) is 4.98 Å². The minimum Gasteiger partial charge on any atom is -0.324 e. The van der Waals surface area contributed by atoms with E-state index in [1.165, 1.54) is 18.2 Å². The van der Waals surface area contributed by atoms with Gasteiger partial charge in [-0.3, -0.25) is 14.6 Å². The topological polar surface area (TPSA) is 48.5 Å². The van der Waals surface area contributed by atoms with E-state index >= 15 is 0 Å². The maximum atomic E-state index is 13.1. The lowest BCUT2D eigenvalue weighted by Gasteiger charge is -2.33. The fraction of sp³-hybridized carbons (Fsp3) is 0.524. The van der Waals surface area contributed by atoms with Crippen LogP contribution in [0.1, 0.15) is 37.0 Å². The predicted octanol–water partition coefficient (Wildman–Crippen LogP) is 4.22. The Morgan fingerprint density at radius 1 is 1.10 bits per heavy atom. The van der Waals surface area contributed by atoms with E-state index in [0.29, 0.717) is 13.1 Å². The Kier molecular flexibility index (Phi) is 6.84. The number of rotatable bonds is 5. The SMILES string of the molecule is CC(C)(C)c1csc(CN2CCN(CC(=O)Nc3ccccc3C(F)(F)F)CC2)n1. The zero-order chi connectivity index (χ0) is 21.9. The monoisotopic (exact) mass is 440 g/mol. The van der Waals surface area contributed by atoms with Gasteiger partial charge in [0.05, 0.1) is 30.0 Å². The first kappa shape index (κ1) is 22.7. The number of carbonyl (C=O) groups is 1. The average Bonchev–Trinajstić information content (AvgIpc) is 3.12. The summed E-state index contributed by atoms with van der Waals surface area (Å²) in [6, 6.07) is 5.04. The molecule has 3 rings (SSSR count). The molecule has 2 aromatic rings. The van der Waals surface area contributed by atoms with Crippen LogP contribution in [-0.2, 0) is 22.9 Å². The Morgan fingerprint density at radius 2 is 1.73 bits per heavy atom. The molecule has 1 N–H and O–H groups in total. The first-order valence-electron chi connectivity index (χ1n) is 9.88. The minimum absolute atomic E-state index is 0.0333. The number of hydrogen-bond donors (Lipinski definition) is 1. The van der Waals surface area contributed by atoms with Crippen molar-refractivity contribution in [3.8, 4) is 0 Å². The molecule has 1 aliphatic heterocycles. The maximum Gasteiger partial charge on any atom is 0.418 e. The average molecular weight is 441 g/mol. The molecule has 164 valence electrons. The van der Waals surface area contributed by atoms with Crippen molar-refractivity contribution in [2.45, 2.75) is 38.9 Å². The molecule has 2 heterocycles. The van der Waals surface area contributed by atoms with Gasteiger partial charge in [0, 0.05) is 37.0 Å². The number of benzene rings is 1. The quantitative estimate of drug-likeness (QED) is 0.757. The Bertz CT molecular complexity index is 868. The lowest BCUT2D eigenvalue weighted by molar-refractivity contribution is -0.137. The third-order valence-corrected chi connectivity index (χ3v) is 5.85. The van der Waals surface area contributed by atoms with Crippen LogP contribution in [0.25, 0.3) is 0 Å². The molecule has 0 spiro atoms. The summed E-state index contributed by atoms with van der Waals surface area (Å²) in [7, 11) is 0. The van der Waals surface area contributed by atoms with Gasteiger partial charge in [0.2, 0.25) is 5.91 Å². The van der Waals surface area contributed by atoms with E-state index in [2.05, 4.69) is 36.4 Å². The summed E-state index contributed by atoms with van der Waals surface area (Å²) >= 11 is 1.66. The van der Waals surface area contributed by atoms with Crippen LogP contribution in [-0.4, -0.2) is 53.4 Å². The lowest BCUT2D eigenvalue weighted by Crippen LogP contribution is -2.48. The summed E-state index contributed by atoms with van der Waals surface area (Å²) in [4.78, 5) is 21.3. The number of amides is 1. The number of nitrogens with zero attached hydrogens (tertiary/aromatic N) is 3. The van der Waals surface area contributed by atoms with Gasteiger partial charge < -0.3 is 5.32 Å². The highest BCUT2D eigenvalue weighted by molar-refractivity contribution is 7.09. The van der Waals surface area contributed by atoms with E-state index in [0.717, 1.165) is 36.4 Å². The van der Waals surface area contributed by atoms with Crippen molar-refractivity contribution >= 4 is 22.9 Å². The molecule has 0 bridgehead atoms. The molecule has 0 aliphatic carbocycles. The second-order valence-corrected chi connectivity index (χ2v) is 9.46. The van der Waals surface area contributed by atoms with Crippen LogP contribution in [0.15, 0.2) is 29.6 Å². The highest BCUT2D eigenvalue weighted by Gasteiger charge is 2.33. The third-order valence-electron chi connectivity index (χ3n) is 5.02. The zero-order valence-electron chi connectivity index (χ0n) is 17.4. The van der Waals surface area contributed by atoms with Crippen LogP contribution in [0.5, 0.6) is 0 Å². The number of halogens is 3. The van der Waals surface area contributed by atoms with Crippen molar-refractivity contribution in [3.05, 3.63) is 45.9 Å². The van der Waals surface area contributed by atoms with E-state index in [-0.39, 0.29) is 17.6 Å². The van der Waals surface area contributed by atoms with Gasteiger partial charge >= 0.3 is 6.18 Å². The van der Waals surface area contributed by atoms with E-state index in [1.807, 2.05) is 4.90 Å². The molecule has 1 aromatic heterocycles. The molecule has 0 atom stereocenters. The molecule has 9 heteroatoms. The molecular formula is C21H27F3N4OS. The fourth-order valence-electron chi connectivity index (χ4n) is 3.26. The fourth-order valence-corrected chi connectivity index (χ4v) is 4.32. The van der Waals surface area contributed by atoms with Crippen molar-refractivity contribution in [1.29, 1.82) is 0 Å². The first-order chi connectivity index (χ1) is 14.0. The van der Waals surface area contributed by atoms with E-state index in [9.17, 15) is 18.0 Å². The Balaban J connectivity index is 1.48. The van der Waals surface area contributed by atoms with Crippen molar-refractivity contribution in [3.63, 3.8) is 0 Å². The Labute approximate surface area is 178 Å². The first-order valence-corrected chi connectivity index (χ1v) is 10.8. The van der Waals surface area contributed by atoms with Gasteiger partial charge in [-0.05, 0) is 12.1 Å². The molecule has 30 heavy (non-hydrogen) atoms. The highest BCUT2D eigenvalue weighted by atomic mass is 32.1. The largest absolute Gasteiger partial charge is 0.418 e. The summed E-state index contributed by atoms with van der Waals surface area (Å²) in [5.74, 6) is -0.435. The van der Waals surface area contributed by atoms with Crippen molar-refractivity contribution < 1.29 is 18.0 Å². The number of hydrogen-bond acceptors (Lipinski definition) is 5. The van der Waals surface area contributed by atoms with Gasteiger partial charge in [-0.15, -0.1) is 11.3 Å². The molecule has 0 unspecified atom stereocenters. The number of carbonyl (C=O) groups excluding carboxylic acids is 1. The standard InChI is InChI=1S/C21H27F3N4OS/c1-20(2,3)17-14-30-19(26-17)13-28-10-8-27(9-11-28)12-18(29)25-16-7-5-4-6-15(16)21(22,23)24/h4-7,14H,8-13H2,1-3H3,(H,25,29).